The number of rotatable bonds is 5. The number of thiophene rings is 1. The SMILES string of the molecule is CC(C)(C)c1ccc(C(=O)N(Cc2ccsc2)Cc2ccco2)cc1. The predicted molar refractivity (Wildman–Crippen MR) is 102 cm³/mol. The molecule has 1 amide bonds. The van der Waals surface area contributed by atoms with E-state index in [1.54, 1.807) is 17.6 Å². The lowest BCUT2D eigenvalue weighted by atomic mass is 9.86. The molecular weight excluding hydrogens is 330 g/mol. The zero-order valence-electron chi connectivity index (χ0n) is 14.9. The molecule has 0 aliphatic heterocycles. The van der Waals surface area contributed by atoms with Crippen LogP contribution < -0.4 is 0 Å². The molecule has 0 bridgehead atoms. The maximum absolute atomic E-state index is 13.0. The molecule has 3 aromatic rings. The van der Waals surface area contributed by atoms with Crippen molar-refractivity contribution in [3.05, 3.63) is 81.9 Å². The molecule has 4 heteroatoms. The molecule has 25 heavy (non-hydrogen) atoms. The van der Waals surface area contributed by atoms with Crippen LogP contribution in [0.3, 0.4) is 0 Å². The van der Waals surface area contributed by atoms with Crippen molar-refractivity contribution in [1.82, 2.24) is 4.90 Å². The highest BCUT2D eigenvalue weighted by Gasteiger charge is 2.19. The second kappa shape index (κ2) is 7.28. The summed E-state index contributed by atoms with van der Waals surface area (Å²) < 4.78 is 5.44. The van der Waals surface area contributed by atoms with Gasteiger partial charge in [0.15, 0.2) is 0 Å². The van der Waals surface area contributed by atoms with Crippen LogP contribution in [0.2, 0.25) is 0 Å². The molecule has 0 aliphatic rings. The number of nitrogens with zero attached hydrogens (tertiary/aromatic N) is 1. The van der Waals surface area contributed by atoms with Crippen molar-refractivity contribution in [2.75, 3.05) is 0 Å². The molecule has 130 valence electrons. The van der Waals surface area contributed by atoms with Gasteiger partial charge in [-0.1, -0.05) is 32.9 Å². The number of benzene rings is 1. The quantitative estimate of drug-likeness (QED) is 0.608. The molecular formula is C21H23NO2S. The van der Waals surface area contributed by atoms with Crippen LogP contribution in [0, 0.1) is 0 Å². The number of amides is 1. The zero-order chi connectivity index (χ0) is 17.9. The third-order valence-electron chi connectivity index (χ3n) is 4.17. The van der Waals surface area contributed by atoms with E-state index in [0.29, 0.717) is 18.7 Å². The van der Waals surface area contributed by atoms with Gasteiger partial charge in [0.25, 0.3) is 5.91 Å². The maximum atomic E-state index is 13.0. The number of carbonyl (C=O) groups excluding carboxylic acids is 1. The lowest BCUT2D eigenvalue weighted by Crippen LogP contribution is -2.30. The highest BCUT2D eigenvalue weighted by Crippen LogP contribution is 2.23. The summed E-state index contributed by atoms with van der Waals surface area (Å²) >= 11 is 1.64. The first-order chi connectivity index (χ1) is 11.9. The topological polar surface area (TPSA) is 33.5 Å². The summed E-state index contributed by atoms with van der Waals surface area (Å²) in [6, 6.07) is 13.7. The molecule has 0 spiro atoms. The number of carbonyl (C=O) groups is 1. The van der Waals surface area contributed by atoms with Gasteiger partial charge in [-0.2, -0.15) is 11.3 Å². The Labute approximate surface area is 152 Å². The Balaban J connectivity index is 1.82. The third kappa shape index (κ3) is 4.40. The van der Waals surface area contributed by atoms with Crippen LogP contribution >= 0.6 is 11.3 Å². The molecule has 2 aromatic heterocycles. The first-order valence-electron chi connectivity index (χ1n) is 8.37. The molecule has 3 nitrogen and oxygen atoms in total. The molecule has 0 unspecified atom stereocenters. The third-order valence-corrected chi connectivity index (χ3v) is 4.90. The van der Waals surface area contributed by atoms with Crippen molar-refractivity contribution >= 4 is 17.2 Å². The molecule has 0 radical (unpaired) electrons. The highest BCUT2D eigenvalue weighted by molar-refractivity contribution is 7.07. The Hall–Kier alpha value is -2.33. The molecule has 0 N–H and O–H groups in total. The molecule has 0 fully saturated rings. The van der Waals surface area contributed by atoms with Gasteiger partial charge in [-0.3, -0.25) is 4.79 Å². The van der Waals surface area contributed by atoms with Crippen LogP contribution in [-0.4, -0.2) is 10.8 Å². The second-order valence-corrected chi connectivity index (χ2v) is 7.98. The van der Waals surface area contributed by atoms with E-state index in [1.807, 2.05) is 46.7 Å². The van der Waals surface area contributed by atoms with Crippen molar-refractivity contribution in [3.63, 3.8) is 0 Å². The maximum Gasteiger partial charge on any atom is 0.254 e. The van der Waals surface area contributed by atoms with Gasteiger partial charge in [-0.15, -0.1) is 0 Å². The van der Waals surface area contributed by atoms with Crippen LogP contribution in [0.1, 0.15) is 48.0 Å². The van der Waals surface area contributed by atoms with Crippen LogP contribution in [0.4, 0.5) is 0 Å². The number of hydrogen-bond donors (Lipinski definition) is 0. The van der Waals surface area contributed by atoms with E-state index in [-0.39, 0.29) is 11.3 Å². The fraction of sp³-hybridized carbons (Fsp3) is 0.286. The van der Waals surface area contributed by atoms with Crippen molar-refractivity contribution in [1.29, 1.82) is 0 Å². The van der Waals surface area contributed by atoms with Crippen molar-refractivity contribution < 1.29 is 9.21 Å². The minimum Gasteiger partial charge on any atom is -0.467 e. The summed E-state index contributed by atoms with van der Waals surface area (Å²) in [5, 5.41) is 4.11. The van der Waals surface area contributed by atoms with E-state index in [1.165, 1.54) is 5.56 Å². The smallest absolute Gasteiger partial charge is 0.254 e. The summed E-state index contributed by atoms with van der Waals surface area (Å²) in [5.41, 5.74) is 3.14. The fourth-order valence-corrected chi connectivity index (χ4v) is 3.35. The Morgan fingerprint density at radius 1 is 1.08 bits per heavy atom. The molecule has 0 saturated carbocycles. The Kier molecular flexibility index (Phi) is 5.09. The van der Waals surface area contributed by atoms with Crippen molar-refractivity contribution in [2.45, 2.75) is 39.3 Å². The lowest BCUT2D eigenvalue weighted by Gasteiger charge is -2.23. The summed E-state index contributed by atoms with van der Waals surface area (Å²) in [6.45, 7) is 7.55. The van der Waals surface area contributed by atoms with E-state index in [0.717, 1.165) is 11.3 Å². The zero-order valence-corrected chi connectivity index (χ0v) is 15.7. The first-order valence-corrected chi connectivity index (χ1v) is 9.31. The van der Waals surface area contributed by atoms with Crippen LogP contribution in [0.5, 0.6) is 0 Å². The van der Waals surface area contributed by atoms with E-state index in [4.69, 9.17) is 4.42 Å². The van der Waals surface area contributed by atoms with Gasteiger partial charge in [-0.05, 0) is 57.6 Å². The summed E-state index contributed by atoms with van der Waals surface area (Å²) in [6.07, 6.45) is 1.64. The largest absolute Gasteiger partial charge is 0.467 e. The van der Waals surface area contributed by atoms with Gasteiger partial charge in [0, 0.05) is 12.1 Å². The van der Waals surface area contributed by atoms with E-state index in [2.05, 4.69) is 32.2 Å². The molecule has 0 aliphatic carbocycles. The number of hydrogen-bond acceptors (Lipinski definition) is 3. The van der Waals surface area contributed by atoms with Crippen LogP contribution in [0.25, 0.3) is 0 Å². The summed E-state index contributed by atoms with van der Waals surface area (Å²) in [5.74, 6) is 0.804. The molecule has 3 rings (SSSR count). The van der Waals surface area contributed by atoms with Gasteiger partial charge in [-0.25, -0.2) is 0 Å². The average Bonchev–Trinajstić information content (AvgIpc) is 3.27. The Morgan fingerprint density at radius 2 is 1.84 bits per heavy atom. The average molecular weight is 353 g/mol. The normalized spacial score (nSPS) is 11.5. The Morgan fingerprint density at radius 3 is 2.40 bits per heavy atom. The van der Waals surface area contributed by atoms with Crippen molar-refractivity contribution in [3.8, 4) is 0 Å². The van der Waals surface area contributed by atoms with Crippen LogP contribution in [-0.2, 0) is 18.5 Å². The van der Waals surface area contributed by atoms with E-state index < -0.39 is 0 Å². The highest BCUT2D eigenvalue weighted by atomic mass is 32.1. The van der Waals surface area contributed by atoms with E-state index in [9.17, 15) is 4.79 Å². The minimum atomic E-state index is 0.0167. The lowest BCUT2D eigenvalue weighted by molar-refractivity contribution is 0.0718. The number of furan rings is 1. The van der Waals surface area contributed by atoms with Gasteiger partial charge in [0.05, 0.1) is 12.8 Å². The summed E-state index contributed by atoms with van der Waals surface area (Å²) in [4.78, 5) is 14.9. The Bertz CT molecular complexity index is 760. The van der Waals surface area contributed by atoms with Gasteiger partial charge >= 0.3 is 0 Å². The second-order valence-electron chi connectivity index (χ2n) is 7.20. The molecule has 0 atom stereocenters. The van der Waals surface area contributed by atoms with E-state index >= 15 is 0 Å². The molecule has 2 heterocycles. The monoisotopic (exact) mass is 353 g/mol. The predicted octanol–water partition coefficient (Wildman–Crippen LogP) is 5.48. The summed E-state index contributed by atoms with van der Waals surface area (Å²) in [7, 11) is 0. The van der Waals surface area contributed by atoms with Gasteiger partial charge in [0.2, 0.25) is 0 Å². The first kappa shape index (κ1) is 17.5. The van der Waals surface area contributed by atoms with Gasteiger partial charge in [0.1, 0.15) is 5.76 Å². The molecule has 1 aromatic carbocycles. The van der Waals surface area contributed by atoms with Crippen LogP contribution in [0.15, 0.2) is 63.9 Å². The van der Waals surface area contributed by atoms with Gasteiger partial charge < -0.3 is 9.32 Å². The minimum absolute atomic E-state index is 0.0167. The fourth-order valence-electron chi connectivity index (χ4n) is 2.69. The standard InChI is InChI=1S/C21H23NO2S/c1-21(2,3)18-8-6-17(7-9-18)20(23)22(13-16-10-12-25-15-16)14-19-5-4-11-24-19/h4-12,15H,13-14H2,1-3H3. The molecule has 0 saturated heterocycles. The van der Waals surface area contributed by atoms with Crippen molar-refractivity contribution in [2.24, 2.45) is 0 Å².